The zero-order chi connectivity index (χ0) is 16.5. The van der Waals surface area contributed by atoms with Gasteiger partial charge in [0.2, 0.25) is 5.91 Å². The molecule has 2 aromatic carbocycles. The molecule has 1 aromatic heterocycles. The van der Waals surface area contributed by atoms with Crippen LogP contribution in [0.3, 0.4) is 0 Å². The minimum absolute atomic E-state index is 0.0870. The second kappa shape index (κ2) is 6.07. The highest BCUT2D eigenvalue weighted by Gasteiger charge is 2.28. The van der Waals surface area contributed by atoms with Gasteiger partial charge in [-0.3, -0.25) is 4.79 Å². The van der Waals surface area contributed by atoms with Gasteiger partial charge in [0.25, 0.3) is 0 Å². The molecule has 5 heteroatoms. The Labute approximate surface area is 139 Å². The van der Waals surface area contributed by atoms with Gasteiger partial charge in [0, 0.05) is 6.04 Å². The number of nitrogens with one attached hydrogen (secondary N) is 1. The number of aromatic nitrogens is 2. The van der Waals surface area contributed by atoms with E-state index in [9.17, 15) is 9.18 Å². The molecule has 1 heterocycles. The number of halogens is 1. The summed E-state index contributed by atoms with van der Waals surface area (Å²) >= 11 is 0. The van der Waals surface area contributed by atoms with Gasteiger partial charge in [0.15, 0.2) is 0 Å². The van der Waals surface area contributed by atoms with Crippen molar-refractivity contribution in [1.82, 2.24) is 14.9 Å². The first-order valence-electron chi connectivity index (χ1n) is 8.18. The Balaban J connectivity index is 1.47. The number of rotatable bonds is 5. The van der Waals surface area contributed by atoms with Gasteiger partial charge in [0.1, 0.15) is 11.6 Å². The van der Waals surface area contributed by atoms with Gasteiger partial charge in [-0.15, -0.1) is 0 Å². The third-order valence-electron chi connectivity index (χ3n) is 4.30. The van der Waals surface area contributed by atoms with E-state index in [4.69, 9.17) is 0 Å². The van der Waals surface area contributed by atoms with Gasteiger partial charge in [-0.2, -0.15) is 0 Å². The molecule has 1 N–H and O–H groups in total. The molecule has 0 bridgehead atoms. The quantitative estimate of drug-likeness (QED) is 0.782. The van der Waals surface area contributed by atoms with E-state index in [1.165, 1.54) is 12.1 Å². The van der Waals surface area contributed by atoms with Gasteiger partial charge >= 0.3 is 0 Å². The van der Waals surface area contributed by atoms with Gasteiger partial charge < -0.3 is 9.88 Å². The predicted molar refractivity (Wildman–Crippen MR) is 90.0 cm³/mol. The molecule has 24 heavy (non-hydrogen) atoms. The fourth-order valence-corrected chi connectivity index (χ4v) is 2.99. The number of fused-ring (bicyclic) bond motifs is 1. The first kappa shape index (κ1) is 14.9. The first-order valence-corrected chi connectivity index (χ1v) is 8.18. The molecule has 4 nitrogen and oxygen atoms in total. The Morgan fingerprint density at radius 3 is 2.67 bits per heavy atom. The molecule has 1 fully saturated rings. The molecule has 1 saturated carbocycles. The molecular formula is C19H18FN3O. The van der Waals surface area contributed by atoms with Crippen molar-refractivity contribution in [2.24, 2.45) is 0 Å². The number of hydrogen-bond acceptors (Lipinski definition) is 2. The lowest BCUT2D eigenvalue weighted by Gasteiger charge is -2.09. The van der Waals surface area contributed by atoms with Crippen LogP contribution in [0.15, 0.2) is 48.5 Å². The number of carbonyl (C=O) groups is 1. The summed E-state index contributed by atoms with van der Waals surface area (Å²) in [6.45, 7) is 0.408. The van der Waals surface area contributed by atoms with Crippen molar-refractivity contribution >= 4 is 16.9 Å². The minimum Gasteiger partial charge on any atom is -0.349 e. The maximum Gasteiger partial charge on any atom is 0.224 e. The highest BCUT2D eigenvalue weighted by Crippen LogP contribution is 2.38. The summed E-state index contributed by atoms with van der Waals surface area (Å²) in [6, 6.07) is 14.6. The maximum absolute atomic E-state index is 12.9. The van der Waals surface area contributed by atoms with Crippen LogP contribution in [0, 0.1) is 5.82 Å². The van der Waals surface area contributed by atoms with Crippen LogP contribution >= 0.6 is 0 Å². The minimum atomic E-state index is -0.294. The number of nitrogens with zero attached hydrogens (tertiary/aromatic N) is 2. The predicted octanol–water partition coefficient (Wildman–Crippen LogP) is 3.37. The number of hydrogen-bond donors (Lipinski definition) is 1. The third-order valence-corrected chi connectivity index (χ3v) is 4.30. The molecule has 0 radical (unpaired) electrons. The maximum atomic E-state index is 12.9. The van der Waals surface area contributed by atoms with Crippen molar-refractivity contribution in [3.05, 3.63) is 65.7 Å². The molecule has 4 rings (SSSR count). The van der Waals surface area contributed by atoms with Crippen molar-refractivity contribution in [3.8, 4) is 0 Å². The monoisotopic (exact) mass is 323 g/mol. The molecular weight excluding hydrogens is 305 g/mol. The molecule has 0 atom stereocenters. The van der Waals surface area contributed by atoms with Crippen LogP contribution < -0.4 is 5.32 Å². The highest BCUT2D eigenvalue weighted by molar-refractivity contribution is 5.79. The Kier molecular flexibility index (Phi) is 3.76. The summed E-state index contributed by atoms with van der Waals surface area (Å²) in [7, 11) is 0. The summed E-state index contributed by atoms with van der Waals surface area (Å²) < 4.78 is 15.2. The summed E-state index contributed by atoms with van der Waals surface area (Å²) in [5.74, 6) is 0.513. The Morgan fingerprint density at radius 1 is 1.17 bits per heavy atom. The Bertz CT molecular complexity index is 881. The van der Waals surface area contributed by atoms with Crippen molar-refractivity contribution in [3.63, 3.8) is 0 Å². The molecule has 1 aliphatic carbocycles. The topological polar surface area (TPSA) is 46.9 Å². The summed E-state index contributed by atoms with van der Waals surface area (Å²) in [6.07, 6.45) is 2.57. The van der Waals surface area contributed by atoms with Gasteiger partial charge in [-0.25, -0.2) is 9.37 Å². The zero-order valence-corrected chi connectivity index (χ0v) is 13.2. The van der Waals surface area contributed by atoms with E-state index in [-0.39, 0.29) is 18.1 Å². The van der Waals surface area contributed by atoms with Crippen LogP contribution in [0.5, 0.6) is 0 Å². The van der Waals surface area contributed by atoms with Gasteiger partial charge in [-0.05, 0) is 42.7 Å². The van der Waals surface area contributed by atoms with Crippen LogP contribution in [-0.2, 0) is 17.8 Å². The van der Waals surface area contributed by atoms with Crippen molar-refractivity contribution in [1.29, 1.82) is 0 Å². The molecule has 3 aromatic rings. The smallest absolute Gasteiger partial charge is 0.224 e. The van der Waals surface area contributed by atoms with Crippen LogP contribution in [0.2, 0.25) is 0 Å². The summed E-state index contributed by atoms with van der Waals surface area (Å²) in [5, 5.41) is 2.93. The largest absolute Gasteiger partial charge is 0.349 e. The molecule has 1 aliphatic rings. The average molecular weight is 323 g/mol. The summed E-state index contributed by atoms with van der Waals surface area (Å²) in [4.78, 5) is 16.8. The zero-order valence-electron chi connectivity index (χ0n) is 13.2. The standard InChI is InChI=1S/C19H18FN3O/c20-14-7-5-13(6-8-14)11-19(24)21-12-18-22-16-3-1-2-4-17(16)23(18)15-9-10-15/h1-8,15H,9-12H2,(H,21,24). The molecule has 0 unspecified atom stereocenters. The molecule has 122 valence electrons. The number of amides is 1. The third kappa shape index (κ3) is 3.02. The lowest BCUT2D eigenvalue weighted by atomic mass is 10.1. The van der Waals surface area contributed by atoms with Crippen LogP contribution in [0.4, 0.5) is 4.39 Å². The molecule has 0 aliphatic heterocycles. The van der Waals surface area contributed by atoms with Gasteiger partial charge in [-0.1, -0.05) is 24.3 Å². The lowest BCUT2D eigenvalue weighted by Crippen LogP contribution is -2.26. The molecule has 0 spiro atoms. The van der Waals surface area contributed by atoms with E-state index < -0.39 is 0 Å². The van der Waals surface area contributed by atoms with Crippen molar-refractivity contribution in [2.45, 2.75) is 31.8 Å². The van der Waals surface area contributed by atoms with Crippen LogP contribution in [-0.4, -0.2) is 15.5 Å². The van der Waals surface area contributed by atoms with E-state index in [0.29, 0.717) is 12.6 Å². The van der Waals surface area contributed by atoms with Crippen molar-refractivity contribution < 1.29 is 9.18 Å². The van der Waals surface area contributed by atoms with E-state index in [1.54, 1.807) is 12.1 Å². The van der Waals surface area contributed by atoms with Crippen LogP contribution in [0.1, 0.15) is 30.3 Å². The number of benzene rings is 2. The average Bonchev–Trinajstić information content (AvgIpc) is 3.35. The second-order valence-corrected chi connectivity index (χ2v) is 6.20. The molecule has 1 amide bonds. The fourth-order valence-electron chi connectivity index (χ4n) is 2.99. The van der Waals surface area contributed by atoms with Gasteiger partial charge in [0.05, 0.1) is 24.0 Å². The van der Waals surface area contributed by atoms with E-state index in [2.05, 4.69) is 20.9 Å². The normalized spacial score (nSPS) is 14.0. The van der Waals surface area contributed by atoms with E-state index in [1.807, 2.05) is 18.2 Å². The first-order chi connectivity index (χ1) is 11.7. The van der Waals surface area contributed by atoms with E-state index >= 15 is 0 Å². The SMILES string of the molecule is O=C(Cc1ccc(F)cc1)NCc1nc2ccccc2n1C1CC1. The lowest BCUT2D eigenvalue weighted by molar-refractivity contribution is -0.120. The fraction of sp³-hybridized carbons (Fsp3) is 0.263. The molecule has 0 saturated heterocycles. The van der Waals surface area contributed by atoms with Crippen LogP contribution in [0.25, 0.3) is 11.0 Å². The number of imidazole rings is 1. The van der Waals surface area contributed by atoms with Crippen molar-refractivity contribution in [2.75, 3.05) is 0 Å². The highest BCUT2D eigenvalue weighted by atomic mass is 19.1. The van der Waals surface area contributed by atoms with E-state index in [0.717, 1.165) is 35.3 Å². The number of carbonyl (C=O) groups excluding carboxylic acids is 1. The second-order valence-electron chi connectivity index (χ2n) is 6.20. The number of para-hydroxylation sites is 2. The Morgan fingerprint density at radius 2 is 1.92 bits per heavy atom. The Hall–Kier alpha value is -2.69. The summed E-state index contributed by atoms with van der Waals surface area (Å²) in [5.41, 5.74) is 2.89.